The highest BCUT2D eigenvalue weighted by Gasteiger charge is 2.33. The molecule has 0 amide bonds. The van der Waals surface area contributed by atoms with Crippen molar-refractivity contribution in [1.29, 1.82) is 0 Å². The Kier molecular flexibility index (Phi) is 5.94. The van der Waals surface area contributed by atoms with Crippen molar-refractivity contribution in [2.24, 2.45) is 0 Å². The predicted molar refractivity (Wildman–Crippen MR) is 105 cm³/mol. The normalized spacial score (nSPS) is 18.4. The van der Waals surface area contributed by atoms with E-state index in [0.29, 0.717) is 31.3 Å². The third kappa shape index (κ3) is 5.15. The van der Waals surface area contributed by atoms with E-state index in [9.17, 15) is 12.8 Å². The summed E-state index contributed by atoms with van der Waals surface area (Å²) in [6.45, 7) is 5.19. The van der Waals surface area contributed by atoms with Crippen LogP contribution < -0.4 is 10.2 Å². The molecule has 0 saturated carbocycles. The number of rotatable bonds is 7. The second kappa shape index (κ2) is 8.21. The van der Waals surface area contributed by atoms with Gasteiger partial charge in [-0.25, -0.2) is 17.8 Å². The van der Waals surface area contributed by atoms with Gasteiger partial charge < -0.3 is 10.2 Å². The highest BCUT2D eigenvalue weighted by molar-refractivity contribution is 7.91. The number of nitrogens with zero attached hydrogens (tertiary/aromatic N) is 3. The topological polar surface area (TPSA) is 75.2 Å². The number of sulfone groups is 1. The van der Waals surface area contributed by atoms with Crippen molar-refractivity contribution in [3.05, 3.63) is 47.4 Å². The lowest BCUT2D eigenvalue weighted by Gasteiger charge is -2.27. The maximum atomic E-state index is 13.0. The van der Waals surface area contributed by atoms with Crippen molar-refractivity contribution >= 4 is 21.6 Å². The van der Waals surface area contributed by atoms with Gasteiger partial charge in [0, 0.05) is 30.9 Å². The summed E-state index contributed by atoms with van der Waals surface area (Å²) in [4.78, 5) is 11.1. The summed E-state index contributed by atoms with van der Waals surface area (Å²) >= 11 is 0. The molecular formula is C19H25FN4O2S. The van der Waals surface area contributed by atoms with Crippen LogP contribution in [0.3, 0.4) is 0 Å². The quantitative estimate of drug-likeness (QED) is 0.781. The van der Waals surface area contributed by atoms with Gasteiger partial charge in [-0.2, -0.15) is 4.98 Å². The molecule has 1 atom stereocenters. The van der Waals surface area contributed by atoms with E-state index in [0.717, 1.165) is 17.7 Å². The number of hydrogen-bond donors (Lipinski definition) is 1. The van der Waals surface area contributed by atoms with Crippen LogP contribution in [-0.4, -0.2) is 49.0 Å². The molecular weight excluding hydrogens is 367 g/mol. The first-order valence-electron chi connectivity index (χ1n) is 9.17. The number of hydrogen-bond acceptors (Lipinski definition) is 6. The molecule has 2 heterocycles. The Hall–Kier alpha value is -2.22. The fraction of sp³-hybridized carbons (Fsp3) is 0.474. The molecule has 3 rings (SSSR count). The SMILES string of the molecule is CCN(c1nc(C)cc(NCCc2ccc(F)cc2)n1)C1CCS(=O)(=O)C1. The van der Waals surface area contributed by atoms with Crippen molar-refractivity contribution < 1.29 is 12.8 Å². The first-order valence-corrected chi connectivity index (χ1v) is 11.0. The Bertz CT molecular complexity index is 887. The van der Waals surface area contributed by atoms with Crippen LogP contribution >= 0.6 is 0 Å². The molecule has 1 aromatic heterocycles. The summed E-state index contributed by atoms with van der Waals surface area (Å²) in [5.74, 6) is 1.41. The first-order chi connectivity index (χ1) is 12.9. The molecule has 146 valence electrons. The highest BCUT2D eigenvalue weighted by atomic mass is 32.2. The van der Waals surface area contributed by atoms with Gasteiger partial charge in [-0.05, 0) is 44.4 Å². The second-order valence-corrected chi connectivity index (χ2v) is 9.07. The van der Waals surface area contributed by atoms with Gasteiger partial charge in [0.05, 0.1) is 11.5 Å². The first kappa shape index (κ1) is 19.5. The summed E-state index contributed by atoms with van der Waals surface area (Å²) < 4.78 is 36.6. The number of aryl methyl sites for hydroxylation is 1. The molecule has 0 aliphatic carbocycles. The zero-order valence-electron chi connectivity index (χ0n) is 15.7. The molecule has 1 aliphatic rings. The van der Waals surface area contributed by atoms with Crippen molar-refractivity contribution in [2.45, 2.75) is 32.7 Å². The van der Waals surface area contributed by atoms with Gasteiger partial charge in [-0.1, -0.05) is 12.1 Å². The Balaban J connectivity index is 1.68. The van der Waals surface area contributed by atoms with E-state index in [1.165, 1.54) is 12.1 Å². The van der Waals surface area contributed by atoms with Crippen LogP contribution in [-0.2, 0) is 16.3 Å². The minimum absolute atomic E-state index is 0.0751. The minimum Gasteiger partial charge on any atom is -0.370 e. The molecule has 0 radical (unpaired) electrons. The lowest BCUT2D eigenvalue weighted by atomic mass is 10.1. The van der Waals surface area contributed by atoms with Crippen LogP contribution in [0.5, 0.6) is 0 Å². The van der Waals surface area contributed by atoms with Gasteiger partial charge in [0.2, 0.25) is 5.95 Å². The molecule has 1 N–H and O–H groups in total. The Morgan fingerprint density at radius 3 is 2.63 bits per heavy atom. The Morgan fingerprint density at radius 2 is 2.00 bits per heavy atom. The van der Waals surface area contributed by atoms with Crippen LogP contribution in [0.25, 0.3) is 0 Å². The molecule has 0 bridgehead atoms. The van der Waals surface area contributed by atoms with Gasteiger partial charge in [0.15, 0.2) is 9.84 Å². The van der Waals surface area contributed by atoms with Crippen LogP contribution in [0.15, 0.2) is 30.3 Å². The van der Waals surface area contributed by atoms with Crippen molar-refractivity contribution in [3.8, 4) is 0 Å². The maximum absolute atomic E-state index is 13.0. The largest absolute Gasteiger partial charge is 0.370 e. The molecule has 6 nitrogen and oxygen atoms in total. The summed E-state index contributed by atoms with van der Waals surface area (Å²) in [5, 5.41) is 3.29. The van der Waals surface area contributed by atoms with E-state index in [1.807, 2.05) is 24.8 Å². The molecule has 1 fully saturated rings. The molecule has 1 unspecified atom stereocenters. The highest BCUT2D eigenvalue weighted by Crippen LogP contribution is 2.23. The van der Waals surface area contributed by atoms with Crippen LogP contribution in [0.2, 0.25) is 0 Å². The second-order valence-electron chi connectivity index (χ2n) is 6.84. The number of nitrogens with one attached hydrogen (secondary N) is 1. The molecule has 1 saturated heterocycles. The monoisotopic (exact) mass is 392 g/mol. The van der Waals surface area contributed by atoms with Crippen molar-refractivity contribution in [2.75, 3.05) is 34.8 Å². The summed E-state index contributed by atoms with van der Waals surface area (Å²) in [7, 11) is -2.97. The number of benzene rings is 1. The summed E-state index contributed by atoms with van der Waals surface area (Å²) in [5.41, 5.74) is 1.87. The molecule has 1 aromatic carbocycles. The van der Waals surface area contributed by atoms with Crippen molar-refractivity contribution in [1.82, 2.24) is 9.97 Å². The average molecular weight is 393 g/mol. The molecule has 1 aliphatic heterocycles. The van der Waals surface area contributed by atoms with Gasteiger partial charge in [-0.15, -0.1) is 0 Å². The number of anilines is 2. The smallest absolute Gasteiger partial charge is 0.227 e. The minimum atomic E-state index is -2.97. The van der Waals surface area contributed by atoms with E-state index < -0.39 is 9.84 Å². The molecule has 0 spiro atoms. The summed E-state index contributed by atoms with van der Waals surface area (Å²) in [6.07, 6.45) is 1.36. The fourth-order valence-corrected chi connectivity index (χ4v) is 5.07. The fourth-order valence-electron chi connectivity index (χ4n) is 3.34. The molecule has 2 aromatic rings. The van der Waals surface area contributed by atoms with E-state index in [4.69, 9.17) is 0 Å². The van der Waals surface area contributed by atoms with Gasteiger partial charge in [0.1, 0.15) is 11.6 Å². The third-order valence-corrected chi connectivity index (χ3v) is 6.47. The number of halogens is 1. The maximum Gasteiger partial charge on any atom is 0.227 e. The van der Waals surface area contributed by atoms with Gasteiger partial charge in [0.25, 0.3) is 0 Å². The number of aromatic nitrogens is 2. The lowest BCUT2D eigenvalue weighted by Crippen LogP contribution is -2.37. The third-order valence-electron chi connectivity index (χ3n) is 4.72. The zero-order valence-corrected chi connectivity index (χ0v) is 16.5. The van der Waals surface area contributed by atoms with E-state index >= 15 is 0 Å². The molecule has 27 heavy (non-hydrogen) atoms. The van der Waals surface area contributed by atoms with E-state index in [2.05, 4.69) is 15.3 Å². The van der Waals surface area contributed by atoms with Crippen LogP contribution in [0.1, 0.15) is 24.6 Å². The van der Waals surface area contributed by atoms with E-state index in [1.54, 1.807) is 12.1 Å². The van der Waals surface area contributed by atoms with Gasteiger partial charge in [-0.3, -0.25) is 0 Å². The van der Waals surface area contributed by atoms with Gasteiger partial charge >= 0.3 is 0 Å². The standard InChI is InChI=1S/C19H25FN4O2S/c1-3-24(17-9-11-27(25,26)13-17)19-22-14(2)12-18(23-19)21-10-8-15-4-6-16(20)7-5-15/h4-7,12,17H,3,8-11,13H2,1-2H3,(H,21,22,23). The molecule has 8 heteroatoms. The van der Waals surface area contributed by atoms with E-state index in [-0.39, 0.29) is 23.4 Å². The average Bonchev–Trinajstić information content (AvgIpc) is 2.96. The lowest BCUT2D eigenvalue weighted by molar-refractivity contribution is 0.599. The Labute approximate surface area is 159 Å². The van der Waals surface area contributed by atoms with Crippen LogP contribution in [0.4, 0.5) is 16.2 Å². The zero-order chi connectivity index (χ0) is 19.4. The van der Waals surface area contributed by atoms with Crippen LogP contribution in [0, 0.1) is 12.7 Å². The summed E-state index contributed by atoms with van der Waals surface area (Å²) in [6, 6.07) is 8.25. The predicted octanol–water partition coefficient (Wildman–Crippen LogP) is 2.59. The van der Waals surface area contributed by atoms with Crippen molar-refractivity contribution in [3.63, 3.8) is 0 Å². The Morgan fingerprint density at radius 1 is 1.26 bits per heavy atom.